The minimum absolute atomic E-state index is 0.0602. The summed E-state index contributed by atoms with van der Waals surface area (Å²) in [5.74, 6) is 0.0619. The molecule has 0 radical (unpaired) electrons. The van der Waals surface area contributed by atoms with Crippen LogP contribution in [-0.2, 0) is 4.79 Å². The van der Waals surface area contributed by atoms with Crippen molar-refractivity contribution in [1.82, 2.24) is 5.32 Å². The molecule has 2 aliphatic heterocycles. The van der Waals surface area contributed by atoms with Crippen LogP contribution < -0.4 is 5.32 Å². The van der Waals surface area contributed by atoms with E-state index in [1.165, 1.54) is 0 Å². The molecular formula is C11H13NO. The highest BCUT2D eigenvalue weighted by molar-refractivity contribution is 5.84. The van der Waals surface area contributed by atoms with E-state index in [0.29, 0.717) is 0 Å². The lowest BCUT2D eigenvalue weighted by atomic mass is 9.99. The lowest BCUT2D eigenvalue weighted by Gasteiger charge is -2.15. The van der Waals surface area contributed by atoms with Crippen LogP contribution in [0.15, 0.2) is 36.0 Å². The van der Waals surface area contributed by atoms with Gasteiger partial charge in [0.1, 0.15) is 0 Å². The van der Waals surface area contributed by atoms with Crippen molar-refractivity contribution in [2.75, 3.05) is 0 Å². The van der Waals surface area contributed by atoms with Crippen LogP contribution in [0.2, 0.25) is 0 Å². The van der Waals surface area contributed by atoms with Gasteiger partial charge in [0.15, 0.2) is 0 Å². The van der Waals surface area contributed by atoms with Gasteiger partial charge in [-0.1, -0.05) is 36.0 Å². The molecule has 2 rings (SSSR count). The van der Waals surface area contributed by atoms with Gasteiger partial charge in [-0.3, -0.25) is 4.79 Å². The van der Waals surface area contributed by atoms with Gasteiger partial charge in [0, 0.05) is 0 Å². The molecule has 1 N–H and O–H groups in total. The molecular weight excluding hydrogens is 162 g/mol. The van der Waals surface area contributed by atoms with Crippen molar-refractivity contribution in [2.45, 2.75) is 19.4 Å². The number of hydrogen-bond donors (Lipinski definition) is 1. The Morgan fingerprint density at radius 3 is 3.00 bits per heavy atom. The Labute approximate surface area is 78.0 Å². The van der Waals surface area contributed by atoms with E-state index in [2.05, 4.69) is 11.4 Å². The normalized spacial score (nSPS) is 36.7. The molecule has 2 heterocycles. The molecule has 2 bridgehead atoms. The van der Waals surface area contributed by atoms with E-state index in [0.717, 1.165) is 12.0 Å². The molecule has 0 aliphatic carbocycles. The van der Waals surface area contributed by atoms with Crippen molar-refractivity contribution >= 4 is 5.91 Å². The standard InChI is InChI=1S/C11H13NO/c1-8-6-7-9-4-2-3-5-10(8)11(13)12-9/h2-6,9-10H,7H2,1H3,(H,12,13)/b4-2-,5-3-. The van der Waals surface area contributed by atoms with Crippen molar-refractivity contribution in [3.8, 4) is 0 Å². The molecule has 2 aliphatic rings. The molecule has 0 spiro atoms. The SMILES string of the molecule is CC1=CCC2/C=C\C=C/C1C(=O)N2. The maximum atomic E-state index is 11.6. The van der Waals surface area contributed by atoms with E-state index in [-0.39, 0.29) is 17.9 Å². The van der Waals surface area contributed by atoms with Crippen LogP contribution in [0.3, 0.4) is 0 Å². The van der Waals surface area contributed by atoms with E-state index in [4.69, 9.17) is 0 Å². The Hall–Kier alpha value is -1.31. The van der Waals surface area contributed by atoms with Crippen molar-refractivity contribution in [3.05, 3.63) is 36.0 Å². The number of amides is 1. The maximum absolute atomic E-state index is 11.6. The van der Waals surface area contributed by atoms with E-state index in [1.54, 1.807) is 0 Å². The Morgan fingerprint density at radius 1 is 1.38 bits per heavy atom. The third kappa shape index (κ3) is 1.57. The Morgan fingerprint density at radius 2 is 2.15 bits per heavy atom. The fourth-order valence-electron chi connectivity index (χ4n) is 1.72. The van der Waals surface area contributed by atoms with Crippen LogP contribution in [0.1, 0.15) is 13.3 Å². The summed E-state index contributed by atoms with van der Waals surface area (Å²) in [5, 5.41) is 2.98. The third-order valence-corrected chi connectivity index (χ3v) is 2.55. The predicted molar refractivity (Wildman–Crippen MR) is 52.1 cm³/mol. The zero-order valence-electron chi connectivity index (χ0n) is 7.66. The Kier molecular flexibility index (Phi) is 2.05. The minimum Gasteiger partial charge on any atom is -0.349 e. The highest BCUT2D eigenvalue weighted by Gasteiger charge is 2.23. The highest BCUT2D eigenvalue weighted by Crippen LogP contribution is 2.19. The topological polar surface area (TPSA) is 29.1 Å². The first-order valence-corrected chi connectivity index (χ1v) is 4.59. The number of allylic oxidation sites excluding steroid dienone is 2. The zero-order chi connectivity index (χ0) is 9.26. The molecule has 0 saturated heterocycles. The molecule has 0 saturated carbocycles. The second-order valence-corrected chi connectivity index (χ2v) is 3.55. The summed E-state index contributed by atoms with van der Waals surface area (Å²) >= 11 is 0. The molecule has 0 aromatic carbocycles. The average molecular weight is 175 g/mol. The number of rotatable bonds is 0. The molecule has 2 atom stereocenters. The van der Waals surface area contributed by atoms with Crippen LogP contribution in [0, 0.1) is 5.92 Å². The van der Waals surface area contributed by atoms with E-state index in [1.807, 2.05) is 31.2 Å². The summed E-state index contributed by atoms with van der Waals surface area (Å²) < 4.78 is 0. The summed E-state index contributed by atoms with van der Waals surface area (Å²) in [6.45, 7) is 2.02. The monoisotopic (exact) mass is 175 g/mol. The highest BCUT2D eigenvalue weighted by atomic mass is 16.1. The Bertz CT molecular complexity index is 312. The van der Waals surface area contributed by atoms with Gasteiger partial charge < -0.3 is 5.32 Å². The zero-order valence-corrected chi connectivity index (χ0v) is 7.66. The van der Waals surface area contributed by atoms with Crippen molar-refractivity contribution in [2.24, 2.45) is 5.92 Å². The summed E-state index contributed by atoms with van der Waals surface area (Å²) in [5.41, 5.74) is 1.15. The smallest absolute Gasteiger partial charge is 0.231 e. The molecule has 0 aromatic heterocycles. The number of hydrogen-bond acceptors (Lipinski definition) is 1. The van der Waals surface area contributed by atoms with Gasteiger partial charge in [-0.2, -0.15) is 0 Å². The van der Waals surface area contributed by atoms with Crippen LogP contribution in [-0.4, -0.2) is 11.9 Å². The first kappa shape index (κ1) is 8.30. The van der Waals surface area contributed by atoms with Gasteiger partial charge in [0.2, 0.25) is 5.91 Å². The average Bonchev–Trinajstić information content (AvgIpc) is 2.18. The van der Waals surface area contributed by atoms with Gasteiger partial charge in [-0.05, 0) is 13.3 Å². The maximum Gasteiger partial charge on any atom is 0.231 e. The molecule has 68 valence electrons. The lowest BCUT2D eigenvalue weighted by molar-refractivity contribution is -0.122. The summed E-state index contributed by atoms with van der Waals surface area (Å²) in [4.78, 5) is 11.6. The second-order valence-electron chi connectivity index (χ2n) is 3.55. The fourth-order valence-corrected chi connectivity index (χ4v) is 1.72. The minimum atomic E-state index is -0.0602. The van der Waals surface area contributed by atoms with Crippen molar-refractivity contribution < 1.29 is 4.79 Å². The van der Waals surface area contributed by atoms with E-state index < -0.39 is 0 Å². The van der Waals surface area contributed by atoms with Crippen molar-refractivity contribution in [1.29, 1.82) is 0 Å². The van der Waals surface area contributed by atoms with Gasteiger partial charge in [0.05, 0.1) is 12.0 Å². The third-order valence-electron chi connectivity index (χ3n) is 2.55. The van der Waals surface area contributed by atoms with Crippen LogP contribution in [0.25, 0.3) is 0 Å². The molecule has 0 aromatic rings. The molecule has 2 unspecified atom stereocenters. The Balaban J connectivity index is 2.41. The molecule has 2 nitrogen and oxygen atoms in total. The summed E-state index contributed by atoms with van der Waals surface area (Å²) in [6.07, 6.45) is 11.0. The van der Waals surface area contributed by atoms with Crippen LogP contribution >= 0.6 is 0 Å². The first-order chi connectivity index (χ1) is 6.27. The van der Waals surface area contributed by atoms with Gasteiger partial charge >= 0.3 is 0 Å². The van der Waals surface area contributed by atoms with Crippen LogP contribution in [0.4, 0.5) is 0 Å². The van der Waals surface area contributed by atoms with Crippen molar-refractivity contribution in [3.63, 3.8) is 0 Å². The van der Waals surface area contributed by atoms with E-state index in [9.17, 15) is 4.79 Å². The van der Waals surface area contributed by atoms with Gasteiger partial charge in [-0.25, -0.2) is 0 Å². The largest absolute Gasteiger partial charge is 0.349 e. The molecule has 1 amide bonds. The number of carbonyl (C=O) groups excluding carboxylic acids is 1. The van der Waals surface area contributed by atoms with Gasteiger partial charge in [-0.15, -0.1) is 0 Å². The number of carbonyl (C=O) groups is 1. The predicted octanol–water partition coefficient (Wildman–Crippen LogP) is 1.56. The number of fused-ring (bicyclic) bond motifs is 3. The summed E-state index contributed by atoms with van der Waals surface area (Å²) in [6, 6.07) is 0.178. The van der Waals surface area contributed by atoms with E-state index >= 15 is 0 Å². The second kappa shape index (κ2) is 3.21. The lowest BCUT2D eigenvalue weighted by Crippen LogP contribution is -2.36. The molecule has 13 heavy (non-hydrogen) atoms. The van der Waals surface area contributed by atoms with Gasteiger partial charge in [0.25, 0.3) is 0 Å². The molecule has 0 fully saturated rings. The number of nitrogens with one attached hydrogen (secondary N) is 1. The molecule has 2 heteroatoms. The quantitative estimate of drug-likeness (QED) is 0.556. The van der Waals surface area contributed by atoms with Crippen LogP contribution in [0.5, 0.6) is 0 Å². The fraction of sp³-hybridized carbons (Fsp3) is 0.364. The first-order valence-electron chi connectivity index (χ1n) is 4.59. The summed E-state index contributed by atoms with van der Waals surface area (Å²) in [7, 11) is 0.